The van der Waals surface area contributed by atoms with E-state index in [0.29, 0.717) is 17.9 Å². The molecule has 0 aliphatic carbocycles. The van der Waals surface area contributed by atoms with Crippen LogP contribution < -0.4 is 15.6 Å². The number of hydrogen-bond donors (Lipinski definition) is 2. The molecule has 3 rings (SSSR count). The van der Waals surface area contributed by atoms with Crippen LogP contribution in [-0.2, 0) is 16.0 Å². The summed E-state index contributed by atoms with van der Waals surface area (Å²) >= 11 is 0. The van der Waals surface area contributed by atoms with E-state index in [9.17, 15) is 9.59 Å². The maximum atomic E-state index is 12.3. The van der Waals surface area contributed by atoms with Gasteiger partial charge in [-0.2, -0.15) is 10.1 Å². The number of amides is 2. The lowest BCUT2D eigenvalue weighted by atomic mass is 10.1. The third-order valence-corrected chi connectivity index (χ3v) is 5.14. The Morgan fingerprint density at radius 2 is 1.93 bits per heavy atom. The van der Waals surface area contributed by atoms with E-state index in [0.717, 1.165) is 28.1 Å². The number of hydrogen-bond acceptors (Lipinski definition) is 6. The van der Waals surface area contributed by atoms with Crippen molar-refractivity contribution in [2.24, 2.45) is 0 Å². The zero-order valence-corrected chi connectivity index (χ0v) is 17.8. The monoisotopic (exact) mass is 410 g/mol. The Bertz CT molecular complexity index is 1090. The van der Waals surface area contributed by atoms with Crippen LogP contribution in [0.25, 0.3) is 5.78 Å². The van der Waals surface area contributed by atoms with Crippen LogP contribution in [0.5, 0.6) is 5.75 Å². The van der Waals surface area contributed by atoms with Gasteiger partial charge in [0.15, 0.2) is 6.10 Å². The number of carbonyl (C=O) groups is 2. The number of ether oxygens (including phenoxy) is 1. The maximum Gasteiger partial charge on any atom is 0.279 e. The molecule has 1 aromatic carbocycles. The minimum atomic E-state index is -0.755. The Hall–Kier alpha value is -3.49. The number of carbonyl (C=O) groups excluding carboxylic acids is 2. The molecule has 3 aromatic rings. The second-order valence-corrected chi connectivity index (χ2v) is 7.23. The standard InChI is InChI=1S/C21H26N6O3/c1-12-7-6-8-18(13(12)2)30-16(5)20(29)26-25-19(28)10-9-17-14(3)24-21-22-11-23-27(21)15(17)4/h6-8,11,16H,9-10H2,1-5H3,(H,25,28)(H,26,29). The average Bonchev–Trinajstić information content (AvgIpc) is 3.17. The number of nitrogens with zero attached hydrogens (tertiary/aromatic N) is 4. The first kappa shape index (κ1) is 21.2. The minimum absolute atomic E-state index is 0.191. The van der Waals surface area contributed by atoms with Crippen molar-refractivity contribution in [2.75, 3.05) is 0 Å². The predicted octanol–water partition coefficient (Wildman–Crippen LogP) is 1.91. The van der Waals surface area contributed by atoms with Crippen molar-refractivity contribution in [2.45, 2.75) is 53.6 Å². The Morgan fingerprint density at radius 3 is 2.70 bits per heavy atom. The molecular formula is C21H26N6O3. The van der Waals surface area contributed by atoms with Crippen molar-refractivity contribution in [3.63, 3.8) is 0 Å². The van der Waals surface area contributed by atoms with Gasteiger partial charge in [0.2, 0.25) is 5.91 Å². The van der Waals surface area contributed by atoms with Crippen LogP contribution in [0.4, 0.5) is 0 Å². The molecule has 2 heterocycles. The molecule has 2 N–H and O–H groups in total. The minimum Gasteiger partial charge on any atom is -0.481 e. The van der Waals surface area contributed by atoms with Crippen LogP contribution >= 0.6 is 0 Å². The molecule has 2 amide bonds. The van der Waals surface area contributed by atoms with Gasteiger partial charge in [-0.1, -0.05) is 12.1 Å². The van der Waals surface area contributed by atoms with Gasteiger partial charge in [0.1, 0.15) is 12.1 Å². The number of fused-ring (bicyclic) bond motifs is 1. The summed E-state index contributed by atoms with van der Waals surface area (Å²) in [5.41, 5.74) is 9.55. The van der Waals surface area contributed by atoms with E-state index in [4.69, 9.17) is 4.74 Å². The summed E-state index contributed by atoms with van der Waals surface area (Å²) in [5, 5.41) is 4.14. The molecule has 0 radical (unpaired) electrons. The quantitative estimate of drug-likeness (QED) is 0.601. The first-order valence-electron chi connectivity index (χ1n) is 9.75. The van der Waals surface area contributed by atoms with E-state index in [-0.39, 0.29) is 12.3 Å². The van der Waals surface area contributed by atoms with E-state index in [1.54, 1.807) is 11.4 Å². The van der Waals surface area contributed by atoms with Crippen molar-refractivity contribution < 1.29 is 14.3 Å². The van der Waals surface area contributed by atoms with Gasteiger partial charge in [-0.25, -0.2) is 9.50 Å². The molecule has 158 valence electrons. The molecule has 0 bridgehead atoms. The van der Waals surface area contributed by atoms with Gasteiger partial charge in [0.25, 0.3) is 11.7 Å². The summed E-state index contributed by atoms with van der Waals surface area (Å²) in [4.78, 5) is 33.0. The molecule has 1 atom stereocenters. The van der Waals surface area contributed by atoms with Crippen molar-refractivity contribution in [1.82, 2.24) is 30.4 Å². The summed E-state index contributed by atoms with van der Waals surface area (Å²) in [5.74, 6) is 0.441. The molecular weight excluding hydrogens is 384 g/mol. The Kier molecular flexibility index (Phi) is 6.29. The lowest BCUT2D eigenvalue weighted by Gasteiger charge is -2.17. The molecule has 1 unspecified atom stereocenters. The zero-order chi connectivity index (χ0) is 21.8. The normalized spacial score (nSPS) is 11.9. The third-order valence-electron chi connectivity index (χ3n) is 5.14. The average molecular weight is 410 g/mol. The molecule has 0 aliphatic rings. The lowest BCUT2D eigenvalue weighted by molar-refractivity contribution is -0.132. The van der Waals surface area contributed by atoms with Gasteiger partial charge in [-0.3, -0.25) is 20.4 Å². The van der Waals surface area contributed by atoms with Crippen LogP contribution in [0.3, 0.4) is 0 Å². The predicted molar refractivity (Wildman–Crippen MR) is 111 cm³/mol. The van der Waals surface area contributed by atoms with Crippen LogP contribution in [0.2, 0.25) is 0 Å². The summed E-state index contributed by atoms with van der Waals surface area (Å²) in [6.07, 6.45) is 1.35. The number of rotatable bonds is 6. The van der Waals surface area contributed by atoms with Crippen LogP contribution in [0.15, 0.2) is 24.5 Å². The first-order chi connectivity index (χ1) is 14.3. The molecule has 0 aliphatic heterocycles. The molecule has 2 aromatic heterocycles. The second kappa shape index (κ2) is 8.89. The molecule has 0 saturated heterocycles. The van der Waals surface area contributed by atoms with Gasteiger partial charge in [-0.15, -0.1) is 0 Å². The van der Waals surface area contributed by atoms with Crippen molar-refractivity contribution in [3.8, 4) is 5.75 Å². The lowest BCUT2D eigenvalue weighted by Crippen LogP contribution is -2.47. The van der Waals surface area contributed by atoms with Gasteiger partial charge < -0.3 is 4.74 Å². The molecule has 0 spiro atoms. The summed E-state index contributed by atoms with van der Waals surface area (Å²) < 4.78 is 7.37. The highest BCUT2D eigenvalue weighted by molar-refractivity contribution is 5.84. The SMILES string of the molecule is Cc1cccc(OC(C)C(=O)NNC(=O)CCc2c(C)nc3ncnn3c2C)c1C. The maximum absolute atomic E-state index is 12.3. The van der Waals surface area contributed by atoms with Crippen LogP contribution in [0, 0.1) is 27.7 Å². The Balaban J connectivity index is 1.52. The highest BCUT2D eigenvalue weighted by Crippen LogP contribution is 2.21. The molecule has 0 fully saturated rings. The fourth-order valence-corrected chi connectivity index (χ4v) is 3.15. The fourth-order valence-electron chi connectivity index (χ4n) is 3.15. The van der Waals surface area contributed by atoms with Gasteiger partial charge in [-0.05, 0) is 63.8 Å². The van der Waals surface area contributed by atoms with Crippen molar-refractivity contribution >= 4 is 17.6 Å². The second-order valence-electron chi connectivity index (χ2n) is 7.23. The number of hydrazine groups is 1. The summed E-state index contributed by atoms with van der Waals surface area (Å²) in [7, 11) is 0. The number of benzene rings is 1. The van der Waals surface area contributed by atoms with Crippen LogP contribution in [0.1, 0.15) is 41.4 Å². The third kappa shape index (κ3) is 4.56. The van der Waals surface area contributed by atoms with Crippen molar-refractivity contribution in [1.29, 1.82) is 0 Å². The van der Waals surface area contributed by atoms with E-state index >= 15 is 0 Å². The molecule has 30 heavy (non-hydrogen) atoms. The summed E-state index contributed by atoms with van der Waals surface area (Å²) in [6, 6.07) is 5.67. The zero-order valence-electron chi connectivity index (χ0n) is 17.8. The number of nitrogens with one attached hydrogen (secondary N) is 2. The Morgan fingerprint density at radius 1 is 1.17 bits per heavy atom. The number of aryl methyl sites for hydroxylation is 3. The van der Waals surface area contributed by atoms with Gasteiger partial charge >= 0.3 is 0 Å². The highest BCUT2D eigenvalue weighted by atomic mass is 16.5. The fraction of sp³-hybridized carbons (Fsp3) is 0.381. The topological polar surface area (TPSA) is 111 Å². The molecule has 9 nitrogen and oxygen atoms in total. The van der Waals surface area contributed by atoms with E-state index in [1.807, 2.05) is 45.9 Å². The van der Waals surface area contributed by atoms with Crippen molar-refractivity contribution in [3.05, 3.63) is 52.6 Å². The molecule has 0 saturated carbocycles. The largest absolute Gasteiger partial charge is 0.481 e. The van der Waals surface area contributed by atoms with E-state index < -0.39 is 12.0 Å². The smallest absolute Gasteiger partial charge is 0.279 e. The van der Waals surface area contributed by atoms with E-state index in [2.05, 4.69) is 25.9 Å². The first-order valence-corrected chi connectivity index (χ1v) is 9.75. The number of aromatic nitrogens is 4. The molecule has 9 heteroatoms. The van der Waals surface area contributed by atoms with Gasteiger partial charge in [0.05, 0.1) is 0 Å². The van der Waals surface area contributed by atoms with E-state index in [1.165, 1.54) is 6.33 Å². The summed E-state index contributed by atoms with van der Waals surface area (Å²) in [6.45, 7) is 9.34. The van der Waals surface area contributed by atoms with Crippen LogP contribution in [-0.4, -0.2) is 37.5 Å². The Labute approximate surface area is 174 Å². The highest BCUT2D eigenvalue weighted by Gasteiger charge is 2.17. The van der Waals surface area contributed by atoms with Gasteiger partial charge in [0, 0.05) is 17.8 Å².